The van der Waals surface area contributed by atoms with Crippen molar-refractivity contribution < 1.29 is 4.74 Å². The van der Waals surface area contributed by atoms with E-state index in [1.165, 1.54) is 0 Å². The summed E-state index contributed by atoms with van der Waals surface area (Å²) in [5, 5.41) is 3.36. The average molecular weight is 222 g/mol. The van der Waals surface area contributed by atoms with E-state index in [-0.39, 0.29) is 0 Å². The molecule has 1 aliphatic heterocycles. The Hall–Kier alpha value is -1.36. The number of anilines is 1. The van der Waals surface area contributed by atoms with Gasteiger partial charge in [-0.1, -0.05) is 0 Å². The van der Waals surface area contributed by atoms with Gasteiger partial charge >= 0.3 is 0 Å². The smallest absolute Gasteiger partial charge is 0.179 e. The summed E-state index contributed by atoms with van der Waals surface area (Å²) < 4.78 is 5.27. The van der Waals surface area contributed by atoms with Crippen LogP contribution in [0.4, 0.5) is 5.82 Å². The normalized spacial score (nSPS) is 17.1. The van der Waals surface area contributed by atoms with Crippen LogP contribution < -0.4 is 15.0 Å². The van der Waals surface area contributed by atoms with E-state index < -0.39 is 0 Å². The molecule has 0 amide bonds. The zero-order valence-electron chi connectivity index (χ0n) is 9.81. The highest BCUT2D eigenvalue weighted by molar-refractivity contribution is 5.50. The van der Waals surface area contributed by atoms with E-state index in [2.05, 4.69) is 27.2 Å². The van der Waals surface area contributed by atoms with E-state index >= 15 is 0 Å². The lowest BCUT2D eigenvalue weighted by Gasteiger charge is -2.32. The molecule has 16 heavy (non-hydrogen) atoms. The van der Waals surface area contributed by atoms with Crippen molar-refractivity contribution in [2.24, 2.45) is 0 Å². The molecular weight excluding hydrogens is 204 g/mol. The maximum atomic E-state index is 5.27. The Labute approximate surface area is 95.8 Å². The topological polar surface area (TPSA) is 50.3 Å². The summed E-state index contributed by atoms with van der Waals surface area (Å²) in [5.41, 5.74) is 0. The third-order valence-corrected chi connectivity index (χ3v) is 3.07. The molecule has 5 heteroatoms. The first kappa shape index (κ1) is 11.1. The second kappa shape index (κ2) is 5.12. The molecule has 0 atom stereocenters. The van der Waals surface area contributed by atoms with E-state index in [9.17, 15) is 0 Å². The molecule has 1 N–H and O–H groups in total. The fraction of sp³-hybridized carbons (Fsp3) is 0.636. The van der Waals surface area contributed by atoms with Gasteiger partial charge in [0.2, 0.25) is 0 Å². The average Bonchev–Trinajstić information content (AvgIpc) is 2.39. The van der Waals surface area contributed by atoms with Crippen molar-refractivity contribution in [2.45, 2.75) is 18.9 Å². The molecule has 0 radical (unpaired) electrons. The van der Waals surface area contributed by atoms with Gasteiger partial charge in [-0.2, -0.15) is 0 Å². The Kier molecular flexibility index (Phi) is 3.56. The van der Waals surface area contributed by atoms with Gasteiger partial charge in [0.25, 0.3) is 0 Å². The Bertz CT molecular complexity index is 339. The standard InChI is InChI=1S/C11H18N4O/c1-15(9-3-5-12-6-4-9)11-10(16-2)7-13-8-14-11/h7-9,12H,3-6H2,1-2H3. The summed E-state index contributed by atoms with van der Waals surface area (Å²) in [6, 6.07) is 0.532. The number of piperidine rings is 1. The fourth-order valence-electron chi connectivity index (χ4n) is 2.09. The second-order valence-electron chi connectivity index (χ2n) is 4.01. The number of rotatable bonds is 3. The van der Waals surface area contributed by atoms with Crippen LogP contribution in [-0.2, 0) is 0 Å². The highest BCUT2D eigenvalue weighted by Gasteiger charge is 2.21. The number of nitrogens with zero attached hydrogens (tertiary/aromatic N) is 3. The van der Waals surface area contributed by atoms with Gasteiger partial charge in [-0.05, 0) is 25.9 Å². The number of hydrogen-bond acceptors (Lipinski definition) is 5. The molecule has 0 spiro atoms. The molecular formula is C11H18N4O. The maximum absolute atomic E-state index is 5.27. The number of methoxy groups -OCH3 is 1. The van der Waals surface area contributed by atoms with Crippen molar-refractivity contribution in [1.82, 2.24) is 15.3 Å². The van der Waals surface area contributed by atoms with Crippen LogP contribution in [-0.4, -0.2) is 43.3 Å². The summed E-state index contributed by atoms with van der Waals surface area (Å²) in [6.07, 6.45) is 5.56. The molecule has 1 fully saturated rings. The highest BCUT2D eigenvalue weighted by Crippen LogP contribution is 2.26. The molecule has 1 aromatic heterocycles. The monoisotopic (exact) mass is 222 g/mol. The minimum absolute atomic E-state index is 0.532. The zero-order chi connectivity index (χ0) is 11.4. The van der Waals surface area contributed by atoms with Gasteiger partial charge in [0.15, 0.2) is 11.6 Å². The Balaban J connectivity index is 2.15. The highest BCUT2D eigenvalue weighted by atomic mass is 16.5. The lowest BCUT2D eigenvalue weighted by molar-refractivity contribution is 0.401. The summed E-state index contributed by atoms with van der Waals surface area (Å²) in [7, 11) is 3.72. The van der Waals surface area contributed by atoms with Crippen molar-refractivity contribution in [3.8, 4) is 5.75 Å². The number of aromatic nitrogens is 2. The molecule has 2 rings (SSSR count). The maximum Gasteiger partial charge on any atom is 0.179 e. The molecule has 88 valence electrons. The van der Waals surface area contributed by atoms with Crippen LogP contribution in [0.3, 0.4) is 0 Å². The largest absolute Gasteiger partial charge is 0.491 e. The van der Waals surface area contributed by atoms with Crippen LogP contribution in [0.15, 0.2) is 12.5 Å². The molecule has 2 heterocycles. The fourth-order valence-corrected chi connectivity index (χ4v) is 2.09. The quantitative estimate of drug-likeness (QED) is 0.814. The lowest BCUT2D eigenvalue weighted by Crippen LogP contribution is -2.41. The van der Waals surface area contributed by atoms with Gasteiger partial charge in [-0.15, -0.1) is 0 Å². The van der Waals surface area contributed by atoms with Gasteiger partial charge in [-0.25, -0.2) is 9.97 Å². The summed E-state index contributed by atoms with van der Waals surface area (Å²) in [6.45, 7) is 2.14. The minimum atomic E-state index is 0.532. The van der Waals surface area contributed by atoms with Gasteiger partial charge in [0.05, 0.1) is 13.3 Å². The van der Waals surface area contributed by atoms with Gasteiger partial charge in [-0.3, -0.25) is 0 Å². The molecule has 0 unspecified atom stereocenters. The summed E-state index contributed by atoms with van der Waals surface area (Å²) in [4.78, 5) is 10.5. The molecule has 1 saturated heterocycles. The molecule has 1 aromatic rings. The Morgan fingerprint density at radius 1 is 1.44 bits per heavy atom. The number of nitrogens with one attached hydrogen (secondary N) is 1. The van der Waals surface area contributed by atoms with Crippen LogP contribution in [0.25, 0.3) is 0 Å². The molecule has 0 aromatic carbocycles. The minimum Gasteiger partial charge on any atom is -0.491 e. The molecule has 0 aliphatic carbocycles. The van der Waals surface area contributed by atoms with Gasteiger partial charge < -0.3 is 15.0 Å². The first-order chi connectivity index (χ1) is 7.83. The van der Waals surface area contributed by atoms with Crippen LogP contribution in [0.2, 0.25) is 0 Å². The first-order valence-electron chi connectivity index (χ1n) is 5.60. The van der Waals surface area contributed by atoms with Crippen LogP contribution in [0.5, 0.6) is 5.75 Å². The SMILES string of the molecule is COc1cncnc1N(C)C1CCNCC1. The van der Waals surface area contributed by atoms with Gasteiger partial charge in [0, 0.05) is 13.1 Å². The van der Waals surface area contributed by atoms with E-state index in [0.717, 1.165) is 37.5 Å². The van der Waals surface area contributed by atoms with Crippen molar-refractivity contribution in [3.63, 3.8) is 0 Å². The second-order valence-corrected chi connectivity index (χ2v) is 4.01. The third kappa shape index (κ3) is 2.24. The van der Waals surface area contributed by atoms with E-state index in [0.29, 0.717) is 6.04 Å². The molecule has 1 aliphatic rings. The van der Waals surface area contributed by atoms with E-state index in [1.807, 2.05) is 0 Å². The third-order valence-electron chi connectivity index (χ3n) is 3.07. The summed E-state index contributed by atoms with van der Waals surface area (Å²) >= 11 is 0. The lowest BCUT2D eigenvalue weighted by atomic mass is 10.1. The van der Waals surface area contributed by atoms with Crippen molar-refractivity contribution in [2.75, 3.05) is 32.1 Å². The number of hydrogen-bond donors (Lipinski definition) is 1. The predicted molar refractivity (Wildman–Crippen MR) is 62.9 cm³/mol. The van der Waals surface area contributed by atoms with Crippen LogP contribution in [0.1, 0.15) is 12.8 Å². The Morgan fingerprint density at radius 2 is 2.19 bits per heavy atom. The Morgan fingerprint density at radius 3 is 2.88 bits per heavy atom. The molecule has 0 bridgehead atoms. The van der Waals surface area contributed by atoms with Crippen molar-refractivity contribution >= 4 is 5.82 Å². The van der Waals surface area contributed by atoms with Crippen molar-refractivity contribution in [1.29, 1.82) is 0 Å². The molecule has 5 nitrogen and oxygen atoms in total. The predicted octanol–water partition coefficient (Wildman–Crippen LogP) is 0.673. The van der Waals surface area contributed by atoms with Gasteiger partial charge in [0.1, 0.15) is 6.33 Å². The number of ether oxygens (including phenoxy) is 1. The zero-order valence-corrected chi connectivity index (χ0v) is 9.81. The van der Waals surface area contributed by atoms with Crippen LogP contribution >= 0.6 is 0 Å². The first-order valence-corrected chi connectivity index (χ1v) is 5.60. The van der Waals surface area contributed by atoms with Crippen LogP contribution in [0, 0.1) is 0 Å². The van der Waals surface area contributed by atoms with Crippen molar-refractivity contribution in [3.05, 3.63) is 12.5 Å². The van der Waals surface area contributed by atoms with E-state index in [4.69, 9.17) is 4.74 Å². The van der Waals surface area contributed by atoms with E-state index in [1.54, 1.807) is 19.6 Å². The molecule has 0 saturated carbocycles. The summed E-state index contributed by atoms with van der Waals surface area (Å²) in [5.74, 6) is 1.62.